The van der Waals surface area contributed by atoms with Crippen LogP contribution in [0.5, 0.6) is 0 Å². The third-order valence-corrected chi connectivity index (χ3v) is 2.88. The summed E-state index contributed by atoms with van der Waals surface area (Å²) < 4.78 is 37.2. The molecule has 0 saturated carbocycles. The minimum Gasteiger partial charge on any atom is -0.481 e. The smallest absolute Gasteiger partial charge is 0.403 e. The predicted octanol–water partition coefficient (Wildman–Crippen LogP) is 1.98. The molecule has 0 aromatic heterocycles. The lowest BCUT2D eigenvalue weighted by atomic mass is 9.98. The zero-order chi connectivity index (χ0) is 12.3. The van der Waals surface area contributed by atoms with Gasteiger partial charge in [0.25, 0.3) is 0 Å². The third-order valence-electron chi connectivity index (χ3n) is 2.88. The van der Waals surface area contributed by atoms with Crippen LogP contribution in [0.15, 0.2) is 0 Å². The number of halogens is 3. The Kier molecular flexibility index (Phi) is 4.18. The van der Waals surface area contributed by atoms with Crippen LogP contribution in [0.1, 0.15) is 19.8 Å². The standard InChI is InChI=1S/C10H16F3NO2/c1-7-3-2-4-14(5-7)6-8(9(15)16)10(11,12)13/h7-8H,2-6H2,1H3,(H,15,16). The van der Waals surface area contributed by atoms with Gasteiger partial charge in [0.2, 0.25) is 0 Å². The molecule has 0 radical (unpaired) electrons. The Balaban J connectivity index is 2.58. The molecule has 0 spiro atoms. The Morgan fingerprint density at radius 1 is 1.56 bits per heavy atom. The monoisotopic (exact) mass is 239 g/mol. The molecule has 3 nitrogen and oxygen atoms in total. The molecule has 1 aliphatic heterocycles. The number of aliphatic carboxylic acids is 1. The van der Waals surface area contributed by atoms with Crippen LogP contribution in [-0.4, -0.2) is 41.8 Å². The lowest BCUT2D eigenvalue weighted by Gasteiger charge is -2.32. The second kappa shape index (κ2) is 5.03. The van der Waals surface area contributed by atoms with Gasteiger partial charge in [-0.25, -0.2) is 0 Å². The number of carboxylic acid groups (broad SMARTS) is 1. The summed E-state index contributed by atoms with van der Waals surface area (Å²) in [6, 6.07) is 0. The van der Waals surface area contributed by atoms with Crippen LogP contribution >= 0.6 is 0 Å². The summed E-state index contributed by atoms with van der Waals surface area (Å²) in [5.41, 5.74) is 0. The van der Waals surface area contributed by atoms with Gasteiger partial charge in [0, 0.05) is 13.1 Å². The van der Waals surface area contributed by atoms with Crippen molar-refractivity contribution in [2.24, 2.45) is 11.8 Å². The van der Waals surface area contributed by atoms with Crippen molar-refractivity contribution in [3.63, 3.8) is 0 Å². The lowest BCUT2D eigenvalue weighted by Crippen LogP contribution is -2.44. The van der Waals surface area contributed by atoms with Gasteiger partial charge >= 0.3 is 12.1 Å². The number of likely N-dealkylation sites (tertiary alicyclic amines) is 1. The summed E-state index contributed by atoms with van der Waals surface area (Å²) >= 11 is 0. The van der Waals surface area contributed by atoms with E-state index in [4.69, 9.17) is 5.11 Å². The molecule has 6 heteroatoms. The Morgan fingerprint density at radius 2 is 2.19 bits per heavy atom. The topological polar surface area (TPSA) is 40.5 Å². The molecule has 0 bridgehead atoms. The van der Waals surface area contributed by atoms with Crippen LogP contribution in [0.4, 0.5) is 13.2 Å². The second-order valence-corrected chi connectivity index (χ2v) is 4.44. The highest BCUT2D eigenvalue weighted by Crippen LogP contribution is 2.28. The van der Waals surface area contributed by atoms with Gasteiger partial charge in [-0.15, -0.1) is 0 Å². The van der Waals surface area contributed by atoms with Gasteiger partial charge in [0.1, 0.15) is 0 Å². The molecule has 16 heavy (non-hydrogen) atoms. The van der Waals surface area contributed by atoms with E-state index in [1.807, 2.05) is 6.92 Å². The van der Waals surface area contributed by atoms with E-state index in [9.17, 15) is 18.0 Å². The molecule has 2 unspecified atom stereocenters. The number of alkyl halides is 3. The fraction of sp³-hybridized carbons (Fsp3) is 0.900. The van der Waals surface area contributed by atoms with Crippen molar-refractivity contribution in [1.82, 2.24) is 4.90 Å². The van der Waals surface area contributed by atoms with Crippen LogP contribution < -0.4 is 0 Å². The van der Waals surface area contributed by atoms with E-state index in [1.54, 1.807) is 4.90 Å². The summed E-state index contributed by atoms with van der Waals surface area (Å²) in [6.07, 6.45) is -2.82. The van der Waals surface area contributed by atoms with E-state index in [0.717, 1.165) is 12.8 Å². The van der Waals surface area contributed by atoms with Crippen LogP contribution in [0, 0.1) is 11.8 Å². The first kappa shape index (κ1) is 13.3. The number of carbonyl (C=O) groups is 1. The lowest BCUT2D eigenvalue weighted by molar-refractivity contribution is -0.197. The molecule has 1 N–H and O–H groups in total. The first-order chi connectivity index (χ1) is 7.30. The molecule has 1 rings (SSSR count). The molecule has 0 amide bonds. The zero-order valence-electron chi connectivity index (χ0n) is 9.13. The number of nitrogens with zero attached hydrogens (tertiary/aromatic N) is 1. The zero-order valence-corrected chi connectivity index (χ0v) is 9.13. The third kappa shape index (κ3) is 3.66. The van der Waals surface area contributed by atoms with E-state index in [2.05, 4.69) is 0 Å². The van der Waals surface area contributed by atoms with Crippen molar-refractivity contribution in [3.05, 3.63) is 0 Å². The Morgan fingerprint density at radius 3 is 2.62 bits per heavy atom. The molecular formula is C10H16F3NO2. The molecule has 1 saturated heterocycles. The van der Waals surface area contributed by atoms with Crippen molar-refractivity contribution in [2.45, 2.75) is 25.9 Å². The first-order valence-corrected chi connectivity index (χ1v) is 5.32. The highest BCUT2D eigenvalue weighted by molar-refractivity contribution is 5.71. The van der Waals surface area contributed by atoms with Crippen LogP contribution in [-0.2, 0) is 4.79 Å². The van der Waals surface area contributed by atoms with Crippen molar-refractivity contribution in [2.75, 3.05) is 19.6 Å². The SMILES string of the molecule is CC1CCCN(CC(C(=O)O)C(F)(F)F)C1. The minimum atomic E-state index is -4.66. The second-order valence-electron chi connectivity index (χ2n) is 4.44. The summed E-state index contributed by atoms with van der Waals surface area (Å²) in [5, 5.41) is 8.56. The maximum Gasteiger partial charge on any atom is 0.403 e. The fourth-order valence-corrected chi connectivity index (χ4v) is 2.03. The maximum absolute atomic E-state index is 12.4. The maximum atomic E-state index is 12.4. The molecule has 0 aromatic rings. The van der Waals surface area contributed by atoms with E-state index in [-0.39, 0.29) is 0 Å². The first-order valence-electron chi connectivity index (χ1n) is 5.32. The summed E-state index contributed by atoms with van der Waals surface area (Å²) in [4.78, 5) is 12.2. The Bertz CT molecular complexity index is 255. The van der Waals surface area contributed by atoms with Crippen LogP contribution in [0.3, 0.4) is 0 Å². The number of rotatable bonds is 3. The van der Waals surface area contributed by atoms with Crippen molar-refractivity contribution < 1.29 is 23.1 Å². The number of hydrogen-bond donors (Lipinski definition) is 1. The fourth-order valence-electron chi connectivity index (χ4n) is 2.03. The summed E-state index contributed by atoms with van der Waals surface area (Å²) in [6.45, 7) is 2.66. The Hall–Kier alpha value is -0.780. The van der Waals surface area contributed by atoms with Gasteiger partial charge in [0.05, 0.1) is 0 Å². The number of piperidine rings is 1. The van der Waals surface area contributed by atoms with Crippen molar-refractivity contribution in [3.8, 4) is 0 Å². The quantitative estimate of drug-likeness (QED) is 0.818. The molecule has 0 aliphatic carbocycles. The summed E-state index contributed by atoms with van der Waals surface area (Å²) in [7, 11) is 0. The molecule has 1 fully saturated rings. The molecule has 2 atom stereocenters. The molecular weight excluding hydrogens is 223 g/mol. The van der Waals surface area contributed by atoms with E-state index >= 15 is 0 Å². The van der Waals surface area contributed by atoms with Gasteiger partial charge in [-0.3, -0.25) is 4.79 Å². The highest BCUT2D eigenvalue weighted by Gasteiger charge is 2.46. The predicted molar refractivity (Wildman–Crippen MR) is 52.0 cm³/mol. The van der Waals surface area contributed by atoms with Gasteiger partial charge < -0.3 is 10.0 Å². The highest BCUT2D eigenvalue weighted by atomic mass is 19.4. The molecule has 94 valence electrons. The normalized spacial score (nSPS) is 25.4. The number of hydrogen-bond acceptors (Lipinski definition) is 2. The largest absolute Gasteiger partial charge is 0.481 e. The van der Waals surface area contributed by atoms with Crippen molar-refractivity contribution >= 4 is 5.97 Å². The molecule has 1 aliphatic rings. The minimum absolute atomic E-state index is 0.344. The van der Waals surface area contributed by atoms with Gasteiger partial charge in [-0.05, 0) is 25.3 Å². The number of carboxylic acids is 1. The van der Waals surface area contributed by atoms with Crippen LogP contribution in [0.25, 0.3) is 0 Å². The van der Waals surface area contributed by atoms with E-state index in [0.29, 0.717) is 19.0 Å². The molecule has 0 aromatic carbocycles. The summed E-state index contributed by atoms with van der Waals surface area (Å²) in [5.74, 6) is -3.71. The average molecular weight is 239 g/mol. The van der Waals surface area contributed by atoms with Gasteiger partial charge in [-0.2, -0.15) is 13.2 Å². The van der Waals surface area contributed by atoms with Crippen LogP contribution in [0.2, 0.25) is 0 Å². The Labute approximate surface area is 92.2 Å². The van der Waals surface area contributed by atoms with Crippen molar-refractivity contribution in [1.29, 1.82) is 0 Å². The van der Waals surface area contributed by atoms with Gasteiger partial charge in [-0.1, -0.05) is 6.92 Å². The van der Waals surface area contributed by atoms with E-state index in [1.165, 1.54) is 0 Å². The van der Waals surface area contributed by atoms with Gasteiger partial charge in [0.15, 0.2) is 5.92 Å². The van der Waals surface area contributed by atoms with E-state index < -0.39 is 24.6 Å². The average Bonchev–Trinajstić information content (AvgIpc) is 2.12. The molecule has 1 heterocycles.